The molecule has 2 aromatic carbocycles. The summed E-state index contributed by atoms with van der Waals surface area (Å²) in [5.74, 6) is 0.542. The Labute approximate surface area is 145 Å². The molecule has 2 heterocycles. The maximum Gasteiger partial charge on any atom is 0.227 e. The van der Waals surface area contributed by atoms with Crippen LogP contribution < -0.4 is 5.32 Å². The molecule has 0 bridgehead atoms. The molecule has 1 N–H and O–H groups in total. The predicted molar refractivity (Wildman–Crippen MR) is 98.3 cm³/mol. The van der Waals surface area contributed by atoms with Crippen LogP contribution in [0.25, 0.3) is 22.2 Å². The first-order chi connectivity index (χ1) is 12.3. The van der Waals surface area contributed by atoms with Gasteiger partial charge in [0.05, 0.1) is 11.8 Å². The maximum absolute atomic E-state index is 9.06. The molecule has 25 heavy (non-hydrogen) atoms. The summed E-state index contributed by atoms with van der Waals surface area (Å²) in [6, 6.07) is 21.9. The molecule has 5 nitrogen and oxygen atoms in total. The normalized spacial score (nSPS) is 10.5. The Balaban J connectivity index is 1.77. The van der Waals surface area contributed by atoms with E-state index in [4.69, 9.17) is 5.26 Å². The minimum atomic E-state index is 0.306. The average molecular weight is 325 g/mol. The van der Waals surface area contributed by atoms with Crippen molar-refractivity contribution in [2.24, 2.45) is 0 Å². The van der Waals surface area contributed by atoms with E-state index in [1.165, 1.54) is 0 Å². The summed E-state index contributed by atoms with van der Waals surface area (Å²) >= 11 is 0. The summed E-state index contributed by atoms with van der Waals surface area (Å²) in [4.78, 5) is 8.95. The van der Waals surface area contributed by atoms with Gasteiger partial charge in [-0.1, -0.05) is 36.4 Å². The number of aromatic nitrogens is 3. The van der Waals surface area contributed by atoms with Gasteiger partial charge in [-0.3, -0.25) is 0 Å². The molecule has 0 saturated heterocycles. The van der Waals surface area contributed by atoms with Crippen molar-refractivity contribution in [3.05, 3.63) is 73.1 Å². The zero-order valence-corrected chi connectivity index (χ0v) is 13.4. The lowest BCUT2D eigenvalue weighted by Gasteiger charge is -2.06. The number of hydrogen-bond donors (Lipinski definition) is 1. The van der Waals surface area contributed by atoms with Crippen molar-refractivity contribution in [3.8, 4) is 17.3 Å². The summed E-state index contributed by atoms with van der Waals surface area (Å²) < 4.78 is 1.94. The summed E-state index contributed by atoms with van der Waals surface area (Å²) in [5, 5.41) is 13.3. The number of rotatable bonds is 4. The number of anilines is 2. The van der Waals surface area contributed by atoms with Crippen molar-refractivity contribution in [3.63, 3.8) is 0 Å². The highest BCUT2D eigenvalue weighted by Gasteiger charge is 2.11. The number of hydrogen-bond acceptors (Lipinski definition) is 4. The molecule has 0 fully saturated rings. The summed E-state index contributed by atoms with van der Waals surface area (Å²) in [5.41, 5.74) is 3.77. The highest BCUT2D eigenvalue weighted by Crippen LogP contribution is 2.30. The van der Waals surface area contributed by atoms with Crippen LogP contribution in [0.4, 0.5) is 11.6 Å². The van der Waals surface area contributed by atoms with Gasteiger partial charge in [-0.25, -0.2) is 9.97 Å². The Morgan fingerprint density at radius 3 is 2.64 bits per heavy atom. The smallest absolute Gasteiger partial charge is 0.227 e. The lowest BCUT2D eigenvalue weighted by molar-refractivity contribution is 0.875. The largest absolute Gasteiger partial charge is 0.333 e. The Hall–Kier alpha value is -3.65. The van der Waals surface area contributed by atoms with Crippen LogP contribution in [-0.4, -0.2) is 14.5 Å². The van der Waals surface area contributed by atoms with Gasteiger partial charge in [0.1, 0.15) is 6.54 Å². The van der Waals surface area contributed by atoms with E-state index in [0.717, 1.165) is 27.8 Å². The molecule has 0 amide bonds. The fourth-order valence-corrected chi connectivity index (χ4v) is 2.88. The van der Waals surface area contributed by atoms with Crippen molar-refractivity contribution in [2.45, 2.75) is 6.54 Å². The second-order valence-corrected chi connectivity index (χ2v) is 5.60. The molecular formula is C20H15N5. The molecule has 4 aromatic rings. The predicted octanol–water partition coefficient (Wildman–Crippen LogP) is 4.37. The van der Waals surface area contributed by atoms with E-state index >= 15 is 0 Å². The molecule has 120 valence electrons. The van der Waals surface area contributed by atoms with Crippen molar-refractivity contribution in [1.29, 1.82) is 5.26 Å². The topological polar surface area (TPSA) is 66.5 Å². The number of benzene rings is 2. The van der Waals surface area contributed by atoms with Gasteiger partial charge in [-0.15, -0.1) is 0 Å². The zero-order valence-electron chi connectivity index (χ0n) is 13.4. The van der Waals surface area contributed by atoms with Crippen LogP contribution in [0.5, 0.6) is 0 Å². The van der Waals surface area contributed by atoms with Gasteiger partial charge < -0.3 is 9.88 Å². The molecule has 0 saturated carbocycles. The average Bonchev–Trinajstić information content (AvgIpc) is 3.02. The summed E-state index contributed by atoms with van der Waals surface area (Å²) in [6.45, 7) is 0.306. The second kappa shape index (κ2) is 6.46. The summed E-state index contributed by atoms with van der Waals surface area (Å²) in [7, 11) is 0. The second-order valence-electron chi connectivity index (χ2n) is 5.60. The van der Waals surface area contributed by atoms with E-state index in [0.29, 0.717) is 12.5 Å². The van der Waals surface area contributed by atoms with Gasteiger partial charge in [-0.05, 0) is 24.3 Å². The SMILES string of the molecule is N#CCn1cc(-c2ccnc(Nc3ccccc3)n2)c2ccccc21. The van der Waals surface area contributed by atoms with Gasteiger partial charge in [0.25, 0.3) is 0 Å². The lowest BCUT2D eigenvalue weighted by Crippen LogP contribution is -1.97. The maximum atomic E-state index is 9.06. The van der Waals surface area contributed by atoms with Crippen LogP contribution >= 0.6 is 0 Å². The molecule has 4 rings (SSSR count). The van der Waals surface area contributed by atoms with Gasteiger partial charge in [0.2, 0.25) is 5.95 Å². The Morgan fingerprint density at radius 1 is 1.00 bits per heavy atom. The minimum Gasteiger partial charge on any atom is -0.333 e. The Bertz CT molecular complexity index is 1060. The highest BCUT2D eigenvalue weighted by molar-refractivity contribution is 5.95. The third-order valence-corrected chi connectivity index (χ3v) is 3.99. The number of nitrogens with zero attached hydrogens (tertiary/aromatic N) is 4. The van der Waals surface area contributed by atoms with Crippen LogP contribution in [0.3, 0.4) is 0 Å². The highest BCUT2D eigenvalue weighted by atomic mass is 15.1. The first-order valence-corrected chi connectivity index (χ1v) is 7.95. The first-order valence-electron chi connectivity index (χ1n) is 7.95. The van der Waals surface area contributed by atoms with E-state index in [-0.39, 0.29) is 0 Å². The molecule has 0 aliphatic rings. The van der Waals surface area contributed by atoms with Crippen LogP contribution in [0.2, 0.25) is 0 Å². The van der Waals surface area contributed by atoms with Crippen LogP contribution in [0.15, 0.2) is 73.1 Å². The van der Waals surface area contributed by atoms with Crippen LogP contribution in [-0.2, 0) is 6.54 Å². The van der Waals surface area contributed by atoms with E-state index < -0.39 is 0 Å². The van der Waals surface area contributed by atoms with E-state index in [2.05, 4.69) is 21.4 Å². The molecule has 2 aromatic heterocycles. The molecule has 0 atom stereocenters. The number of fused-ring (bicyclic) bond motifs is 1. The lowest BCUT2D eigenvalue weighted by atomic mass is 10.1. The van der Waals surface area contributed by atoms with Crippen molar-refractivity contribution >= 4 is 22.5 Å². The van der Waals surface area contributed by atoms with Crippen molar-refractivity contribution in [1.82, 2.24) is 14.5 Å². The third kappa shape index (κ3) is 2.93. The van der Waals surface area contributed by atoms with Crippen molar-refractivity contribution < 1.29 is 0 Å². The van der Waals surface area contributed by atoms with Crippen LogP contribution in [0, 0.1) is 11.3 Å². The van der Waals surface area contributed by atoms with Gasteiger partial charge in [0.15, 0.2) is 0 Å². The zero-order chi connectivity index (χ0) is 17.1. The minimum absolute atomic E-state index is 0.306. The standard InChI is InChI=1S/C20H15N5/c21-11-13-25-14-17(16-8-4-5-9-19(16)25)18-10-12-22-20(24-18)23-15-6-2-1-3-7-15/h1-10,12,14H,13H2,(H,22,23,24). The molecule has 0 aliphatic carbocycles. The quantitative estimate of drug-likeness (QED) is 0.605. The molecule has 0 radical (unpaired) electrons. The van der Waals surface area contributed by atoms with Crippen LogP contribution in [0.1, 0.15) is 0 Å². The molecule has 0 unspecified atom stereocenters. The van der Waals surface area contributed by atoms with Gasteiger partial charge in [-0.2, -0.15) is 5.26 Å². The Morgan fingerprint density at radius 2 is 1.80 bits per heavy atom. The fourth-order valence-electron chi connectivity index (χ4n) is 2.88. The number of nitrogens with one attached hydrogen (secondary N) is 1. The van der Waals surface area contributed by atoms with E-state index in [1.807, 2.05) is 71.4 Å². The molecule has 0 aliphatic heterocycles. The fraction of sp³-hybridized carbons (Fsp3) is 0.0500. The third-order valence-electron chi connectivity index (χ3n) is 3.99. The molecule has 5 heteroatoms. The number of nitriles is 1. The van der Waals surface area contributed by atoms with E-state index in [9.17, 15) is 0 Å². The van der Waals surface area contributed by atoms with Gasteiger partial charge >= 0.3 is 0 Å². The summed E-state index contributed by atoms with van der Waals surface area (Å²) in [6.07, 6.45) is 3.71. The molecular weight excluding hydrogens is 310 g/mol. The van der Waals surface area contributed by atoms with Crippen molar-refractivity contribution in [2.75, 3.05) is 5.32 Å². The van der Waals surface area contributed by atoms with Gasteiger partial charge in [0, 0.05) is 34.5 Å². The van der Waals surface area contributed by atoms with E-state index in [1.54, 1.807) is 6.20 Å². The first kappa shape index (κ1) is 14.9. The Kier molecular flexibility index (Phi) is 3.85. The molecule has 0 spiro atoms. The monoisotopic (exact) mass is 325 g/mol. The number of para-hydroxylation sites is 2.